The van der Waals surface area contributed by atoms with E-state index in [1.54, 1.807) is 0 Å². The van der Waals surface area contributed by atoms with Gasteiger partial charge in [-0.05, 0) is 12.8 Å². The van der Waals surface area contributed by atoms with Gasteiger partial charge < -0.3 is 10.0 Å². The maximum Gasteiger partial charge on any atom is 0.205 e. The van der Waals surface area contributed by atoms with Gasteiger partial charge in [-0.15, -0.1) is 0 Å². The minimum atomic E-state index is 0.00316. The van der Waals surface area contributed by atoms with E-state index >= 15 is 0 Å². The Hall–Kier alpha value is -0.680. The van der Waals surface area contributed by atoms with Gasteiger partial charge in [0.05, 0.1) is 6.61 Å². The lowest BCUT2D eigenvalue weighted by molar-refractivity contribution is 0.301. The number of hydrogen-bond acceptors (Lipinski definition) is 5. The number of hydrogen-bond donors (Lipinski definition) is 1. The third-order valence-corrected chi connectivity index (χ3v) is 3.41. The van der Waals surface area contributed by atoms with E-state index in [1.165, 1.54) is 24.4 Å². The van der Waals surface area contributed by atoms with Crippen LogP contribution in [0.5, 0.6) is 0 Å². The highest BCUT2D eigenvalue weighted by Crippen LogP contribution is 2.33. The Kier molecular flexibility index (Phi) is 3.17. The zero-order valence-electron chi connectivity index (χ0n) is 10.1. The van der Waals surface area contributed by atoms with Gasteiger partial charge in [0.15, 0.2) is 0 Å². The highest BCUT2D eigenvalue weighted by atomic mass is 32.1. The second-order valence-corrected chi connectivity index (χ2v) is 6.03. The Labute approximate surface area is 100 Å². The molecule has 1 aromatic rings. The molecule has 1 aromatic heterocycles. The third kappa shape index (κ3) is 2.52. The number of aliphatic hydroxyl groups is 1. The third-order valence-electron chi connectivity index (χ3n) is 2.66. The van der Waals surface area contributed by atoms with E-state index in [-0.39, 0.29) is 12.0 Å². The smallest absolute Gasteiger partial charge is 0.205 e. The van der Waals surface area contributed by atoms with Crippen molar-refractivity contribution in [1.82, 2.24) is 9.36 Å². The van der Waals surface area contributed by atoms with Crippen LogP contribution >= 0.6 is 11.5 Å². The summed E-state index contributed by atoms with van der Waals surface area (Å²) in [6.45, 7) is 7.20. The van der Waals surface area contributed by atoms with Crippen LogP contribution in [-0.2, 0) is 5.41 Å². The molecule has 4 nitrogen and oxygen atoms in total. The van der Waals surface area contributed by atoms with Crippen molar-refractivity contribution >= 4 is 16.7 Å². The Balaban J connectivity index is 2.15. The second kappa shape index (κ2) is 4.30. The molecule has 0 spiro atoms. The van der Waals surface area contributed by atoms with Gasteiger partial charge in [-0.2, -0.15) is 4.37 Å². The molecule has 1 fully saturated rings. The number of aromatic nitrogens is 2. The molecule has 1 aliphatic rings. The molecule has 0 bridgehead atoms. The van der Waals surface area contributed by atoms with Crippen molar-refractivity contribution in [3.05, 3.63) is 5.82 Å². The average Bonchev–Trinajstić information content (AvgIpc) is 2.89. The maximum atomic E-state index is 9.06. The fraction of sp³-hybridized carbons (Fsp3) is 0.818. The van der Waals surface area contributed by atoms with Crippen molar-refractivity contribution < 1.29 is 5.11 Å². The Bertz CT molecular complexity index is 354. The van der Waals surface area contributed by atoms with Crippen molar-refractivity contribution in [3.8, 4) is 0 Å². The first-order chi connectivity index (χ1) is 7.52. The van der Waals surface area contributed by atoms with Gasteiger partial charge in [0.2, 0.25) is 5.13 Å². The van der Waals surface area contributed by atoms with Crippen LogP contribution in [0.1, 0.15) is 39.4 Å². The van der Waals surface area contributed by atoms with Crippen molar-refractivity contribution in [2.75, 3.05) is 18.1 Å². The summed E-state index contributed by atoms with van der Waals surface area (Å²) >= 11 is 1.45. The summed E-state index contributed by atoms with van der Waals surface area (Å²) in [7, 11) is 0. The van der Waals surface area contributed by atoms with Crippen LogP contribution in [0.25, 0.3) is 0 Å². The lowest BCUT2D eigenvalue weighted by Crippen LogP contribution is -2.29. The molecule has 16 heavy (non-hydrogen) atoms. The lowest BCUT2D eigenvalue weighted by atomic mass is 9.96. The standard InChI is InChI=1S/C11H19N3OS/c1-11(2,3)9-12-10(16-13-9)14(6-7-15)8-4-5-8/h8,15H,4-7H2,1-3H3. The summed E-state index contributed by atoms with van der Waals surface area (Å²) in [6, 6.07) is 0.577. The Morgan fingerprint density at radius 3 is 2.56 bits per heavy atom. The second-order valence-electron chi connectivity index (χ2n) is 5.30. The summed E-state index contributed by atoms with van der Waals surface area (Å²) in [6.07, 6.45) is 2.43. The highest BCUT2D eigenvalue weighted by molar-refractivity contribution is 7.09. The van der Waals surface area contributed by atoms with E-state index in [9.17, 15) is 0 Å². The molecule has 0 atom stereocenters. The molecule has 0 aromatic carbocycles. The van der Waals surface area contributed by atoms with E-state index in [4.69, 9.17) is 5.11 Å². The van der Waals surface area contributed by atoms with Gasteiger partial charge in [0, 0.05) is 29.5 Å². The molecule has 0 amide bonds. The molecule has 0 aliphatic heterocycles. The van der Waals surface area contributed by atoms with Crippen LogP contribution in [0, 0.1) is 0 Å². The quantitative estimate of drug-likeness (QED) is 0.873. The van der Waals surface area contributed by atoms with Crippen LogP contribution < -0.4 is 4.90 Å². The van der Waals surface area contributed by atoms with Crippen molar-refractivity contribution in [2.24, 2.45) is 0 Å². The first kappa shape index (κ1) is 11.8. The van der Waals surface area contributed by atoms with E-state index in [2.05, 4.69) is 35.0 Å². The van der Waals surface area contributed by atoms with Gasteiger partial charge in [-0.3, -0.25) is 0 Å². The predicted octanol–water partition coefficient (Wildman–Crippen LogP) is 1.80. The summed E-state index contributed by atoms with van der Waals surface area (Å²) in [5.41, 5.74) is 0.00316. The number of nitrogens with zero attached hydrogens (tertiary/aromatic N) is 3. The average molecular weight is 241 g/mol. The largest absolute Gasteiger partial charge is 0.395 e. The van der Waals surface area contributed by atoms with E-state index in [0.717, 1.165) is 11.0 Å². The number of aliphatic hydroxyl groups excluding tert-OH is 1. The van der Waals surface area contributed by atoms with Gasteiger partial charge in [-0.1, -0.05) is 20.8 Å². The number of anilines is 1. The topological polar surface area (TPSA) is 49.2 Å². The molecule has 2 rings (SSSR count). The van der Waals surface area contributed by atoms with E-state index in [0.29, 0.717) is 12.6 Å². The Morgan fingerprint density at radius 2 is 2.12 bits per heavy atom. The van der Waals surface area contributed by atoms with Crippen LogP contribution in [0.4, 0.5) is 5.13 Å². The van der Waals surface area contributed by atoms with Crippen LogP contribution in [-0.4, -0.2) is 33.7 Å². The van der Waals surface area contributed by atoms with Gasteiger partial charge in [0.1, 0.15) is 5.82 Å². The van der Waals surface area contributed by atoms with Crippen LogP contribution in [0.2, 0.25) is 0 Å². The number of rotatable bonds is 4. The highest BCUT2D eigenvalue weighted by Gasteiger charge is 2.31. The molecule has 1 saturated carbocycles. The van der Waals surface area contributed by atoms with Gasteiger partial charge in [-0.25, -0.2) is 4.98 Å². The molecule has 1 aliphatic carbocycles. The predicted molar refractivity (Wildman–Crippen MR) is 66.1 cm³/mol. The normalized spacial score (nSPS) is 16.5. The first-order valence-corrected chi connectivity index (χ1v) is 6.51. The maximum absolute atomic E-state index is 9.06. The molecule has 1 N–H and O–H groups in total. The van der Waals surface area contributed by atoms with Crippen molar-refractivity contribution in [3.63, 3.8) is 0 Å². The molecular formula is C11H19N3OS. The lowest BCUT2D eigenvalue weighted by Gasteiger charge is -2.19. The zero-order valence-corrected chi connectivity index (χ0v) is 10.9. The molecular weight excluding hydrogens is 222 g/mol. The van der Waals surface area contributed by atoms with Crippen molar-refractivity contribution in [1.29, 1.82) is 0 Å². The molecule has 1 heterocycles. The fourth-order valence-corrected chi connectivity index (χ4v) is 2.52. The minimum absolute atomic E-state index is 0.00316. The van der Waals surface area contributed by atoms with Crippen LogP contribution in [0.15, 0.2) is 0 Å². The summed E-state index contributed by atoms with van der Waals surface area (Å²) in [4.78, 5) is 6.77. The van der Waals surface area contributed by atoms with Crippen LogP contribution in [0.3, 0.4) is 0 Å². The van der Waals surface area contributed by atoms with Crippen molar-refractivity contribution in [2.45, 2.75) is 45.1 Å². The molecule has 0 radical (unpaired) electrons. The Morgan fingerprint density at radius 1 is 1.44 bits per heavy atom. The first-order valence-electron chi connectivity index (χ1n) is 5.74. The van der Waals surface area contributed by atoms with E-state index in [1.807, 2.05) is 0 Å². The van der Waals surface area contributed by atoms with Gasteiger partial charge in [0.25, 0.3) is 0 Å². The fourth-order valence-electron chi connectivity index (χ4n) is 1.57. The molecule has 0 unspecified atom stereocenters. The summed E-state index contributed by atoms with van der Waals surface area (Å²) < 4.78 is 4.41. The molecule has 0 saturated heterocycles. The molecule has 90 valence electrons. The SMILES string of the molecule is CC(C)(C)c1nsc(N(CCO)C2CC2)n1. The monoisotopic (exact) mass is 241 g/mol. The van der Waals surface area contributed by atoms with E-state index < -0.39 is 0 Å². The minimum Gasteiger partial charge on any atom is -0.395 e. The van der Waals surface area contributed by atoms with Gasteiger partial charge >= 0.3 is 0 Å². The summed E-state index contributed by atoms with van der Waals surface area (Å²) in [5, 5.41) is 10.0. The zero-order chi connectivity index (χ0) is 11.8. The molecule has 5 heteroatoms. The summed E-state index contributed by atoms with van der Waals surface area (Å²) in [5.74, 6) is 0.899.